The van der Waals surface area contributed by atoms with Gasteiger partial charge in [0.25, 0.3) is 0 Å². The van der Waals surface area contributed by atoms with Crippen LogP contribution in [0.4, 0.5) is 0 Å². The summed E-state index contributed by atoms with van der Waals surface area (Å²) < 4.78 is 0. The predicted octanol–water partition coefficient (Wildman–Crippen LogP) is 2.91. The van der Waals surface area contributed by atoms with E-state index in [0.29, 0.717) is 12.8 Å². The molecule has 0 aromatic carbocycles. The average molecular weight is 306 g/mol. The zero-order valence-corrected chi connectivity index (χ0v) is 13.7. The van der Waals surface area contributed by atoms with E-state index in [1.807, 2.05) is 6.92 Å². The highest BCUT2D eigenvalue weighted by atomic mass is 32.2. The van der Waals surface area contributed by atoms with E-state index in [-0.39, 0.29) is 0 Å². The molecule has 0 aromatic heterocycles. The molecule has 0 aliphatic heterocycles. The minimum Gasteiger partial charge on any atom is -0.481 e. The van der Waals surface area contributed by atoms with Crippen LogP contribution in [0.5, 0.6) is 0 Å². The molecule has 0 heterocycles. The summed E-state index contributed by atoms with van der Waals surface area (Å²) in [6.07, 6.45) is 3.81. The van der Waals surface area contributed by atoms with Gasteiger partial charge < -0.3 is 15.3 Å². The smallest absolute Gasteiger partial charge is 0.310 e. The molecular formula is C15H30O4S. The fourth-order valence-corrected chi connectivity index (χ4v) is 3.78. The number of hydrogen-bond acceptors (Lipinski definition) is 4. The highest BCUT2D eigenvalue weighted by molar-refractivity contribution is 8.00. The number of unbranched alkanes of at least 4 members (excludes halogenated alkanes) is 3. The molecule has 4 nitrogen and oxygen atoms in total. The molecule has 20 heavy (non-hydrogen) atoms. The Hall–Kier alpha value is -0.260. The molecule has 0 rings (SSSR count). The minimum absolute atomic E-state index is 0.389. The SMILES string of the molecule is CCCCCCSC(C(O)CC)C(C(=O)O)C(O)CC. The second kappa shape index (κ2) is 11.4. The molecule has 0 fully saturated rings. The molecule has 4 atom stereocenters. The predicted molar refractivity (Wildman–Crippen MR) is 84.1 cm³/mol. The first-order chi connectivity index (χ1) is 9.49. The molecule has 0 saturated carbocycles. The van der Waals surface area contributed by atoms with Crippen molar-refractivity contribution >= 4 is 17.7 Å². The third kappa shape index (κ3) is 6.95. The summed E-state index contributed by atoms with van der Waals surface area (Å²) in [6.45, 7) is 5.75. The topological polar surface area (TPSA) is 77.8 Å². The van der Waals surface area contributed by atoms with E-state index in [1.54, 1.807) is 6.92 Å². The lowest BCUT2D eigenvalue weighted by Gasteiger charge is -2.30. The number of thioether (sulfide) groups is 1. The quantitative estimate of drug-likeness (QED) is 0.483. The molecule has 0 spiro atoms. The van der Waals surface area contributed by atoms with Gasteiger partial charge >= 0.3 is 5.97 Å². The summed E-state index contributed by atoms with van der Waals surface area (Å²) in [6, 6.07) is 0. The Balaban J connectivity index is 4.62. The lowest BCUT2D eigenvalue weighted by atomic mass is 9.92. The minimum atomic E-state index is -1.02. The summed E-state index contributed by atoms with van der Waals surface area (Å²) in [5.41, 5.74) is 0. The lowest BCUT2D eigenvalue weighted by molar-refractivity contribution is -0.146. The van der Waals surface area contributed by atoms with Crippen LogP contribution in [0, 0.1) is 5.92 Å². The van der Waals surface area contributed by atoms with Crippen molar-refractivity contribution in [1.29, 1.82) is 0 Å². The number of rotatable bonds is 12. The second-order valence-corrected chi connectivity index (χ2v) is 6.50. The fourth-order valence-electron chi connectivity index (χ4n) is 2.21. The van der Waals surface area contributed by atoms with Crippen molar-refractivity contribution in [3.05, 3.63) is 0 Å². The standard InChI is InChI=1S/C15H30O4S/c1-4-7-8-9-10-20-14(12(17)6-3)13(15(18)19)11(16)5-2/h11-14,16-17H,4-10H2,1-3H3,(H,18,19). The van der Waals surface area contributed by atoms with Gasteiger partial charge in [-0.25, -0.2) is 0 Å². The van der Waals surface area contributed by atoms with Crippen molar-refractivity contribution in [2.24, 2.45) is 5.92 Å². The van der Waals surface area contributed by atoms with E-state index >= 15 is 0 Å². The maximum absolute atomic E-state index is 11.4. The van der Waals surface area contributed by atoms with Gasteiger partial charge in [0.2, 0.25) is 0 Å². The molecule has 0 bridgehead atoms. The largest absolute Gasteiger partial charge is 0.481 e. The van der Waals surface area contributed by atoms with Crippen LogP contribution in [0.1, 0.15) is 59.3 Å². The molecule has 0 radical (unpaired) electrons. The van der Waals surface area contributed by atoms with Crippen LogP contribution in [-0.4, -0.2) is 44.5 Å². The Labute approximate surface area is 127 Å². The zero-order chi connectivity index (χ0) is 15.5. The van der Waals surface area contributed by atoms with Crippen molar-refractivity contribution in [1.82, 2.24) is 0 Å². The summed E-state index contributed by atoms with van der Waals surface area (Å²) >= 11 is 1.49. The number of carbonyl (C=O) groups is 1. The first kappa shape index (κ1) is 19.7. The van der Waals surface area contributed by atoms with Crippen molar-refractivity contribution < 1.29 is 20.1 Å². The molecule has 0 aliphatic carbocycles. The Bertz CT molecular complexity index is 260. The summed E-state index contributed by atoms with van der Waals surface area (Å²) in [5.74, 6) is -1.08. The van der Waals surface area contributed by atoms with Gasteiger partial charge in [-0.1, -0.05) is 40.0 Å². The van der Waals surface area contributed by atoms with Gasteiger partial charge in [0.15, 0.2) is 0 Å². The van der Waals surface area contributed by atoms with Gasteiger partial charge in [-0.15, -0.1) is 0 Å². The van der Waals surface area contributed by atoms with E-state index in [2.05, 4.69) is 6.92 Å². The average Bonchev–Trinajstić information content (AvgIpc) is 2.43. The van der Waals surface area contributed by atoms with Crippen LogP contribution < -0.4 is 0 Å². The van der Waals surface area contributed by atoms with Gasteiger partial charge in [-0.3, -0.25) is 4.79 Å². The lowest BCUT2D eigenvalue weighted by Crippen LogP contribution is -2.42. The maximum atomic E-state index is 11.4. The van der Waals surface area contributed by atoms with Gasteiger partial charge in [0, 0.05) is 5.25 Å². The number of carboxylic acid groups (broad SMARTS) is 1. The van der Waals surface area contributed by atoms with Crippen molar-refractivity contribution in [2.45, 2.75) is 76.8 Å². The zero-order valence-electron chi connectivity index (χ0n) is 12.9. The van der Waals surface area contributed by atoms with E-state index in [9.17, 15) is 20.1 Å². The third-order valence-corrected chi connectivity index (χ3v) is 5.09. The van der Waals surface area contributed by atoms with Gasteiger partial charge in [-0.2, -0.15) is 11.8 Å². The number of carboxylic acids is 1. The van der Waals surface area contributed by atoms with Crippen molar-refractivity contribution in [2.75, 3.05) is 5.75 Å². The molecule has 0 aliphatic rings. The number of aliphatic carboxylic acids is 1. The highest BCUT2D eigenvalue weighted by Crippen LogP contribution is 2.29. The monoisotopic (exact) mass is 306 g/mol. The molecule has 5 heteroatoms. The molecule has 0 amide bonds. The Morgan fingerprint density at radius 1 is 1.00 bits per heavy atom. The first-order valence-electron chi connectivity index (χ1n) is 7.69. The summed E-state index contributed by atoms with van der Waals surface area (Å²) in [5, 5.41) is 28.9. The van der Waals surface area contributed by atoms with Crippen LogP contribution in [-0.2, 0) is 4.79 Å². The number of aliphatic hydroxyl groups is 2. The molecule has 4 unspecified atom stereocenters. The van der Waals surface area contributed by atoms with Crippen molar-refractivity contribution in [3.63, 3.8) is 0 Å². The van der Waals surface area contributed by atoms with E-state index in [1.165, 1.54) is 18.2 Å². The first-order valence-corrected chi connectivity index (χ1v) is 8.74. The summed E-state index contributed by atoms with van der Waals surface area (Å²) in [4.78, 5) is 11.4. The number of hydrogen-bond donors (Lipinski definition) is 3. The van der Waals surface area contributed by atoms with E-state index < -0.39 is 29.3 Å². The normalized spacial score (nSPS) is 17.4. The van der Waals surface area contributed by atoms with Gasteiger partial charge in [0.1, 0.15) is 0 Å². The van der Waals surface area contributed by atoms with Gasteiger partial charge in [-0.05, 0) is 25.0 Å². The van der Waals surface area contributed by atoms with Crippen LogP contribution >= 0.6 is 11.8 Å². The molecule has 120 valence electrons. The van der Waals surface area contributed by atoms with Crippen LogP contribution in [0.25, 0.3) is 0 Å². The van der Waals surface area contributed by atoms with Crippen LogP contribution in [0.15, 0.2) is 0 Å². The Kier molecular flexibility index (Phi) is 11.3. The van der Waals surface area contributed by atoms with Crippen LogP contribution in [0.3, 0.4) is 0 Å². The highest BCUT2D eigenvalue weighted by Gasteiger charge is 2.37. The van der Waals surface area contributed by atoms with Gasteiger partial charge in [0.05, 0.1) is 18.1 Å². The number of aliphatic hydroxyl groups excluding tert-OH is 2. The molecule has 0 aromatic rings. The summed E-state index contributed by atoms with van der Waals surface area (Å²) in [7, 11) is 0. The third-order valence-electron chi connectivity index (χ3n) is 3.58. The maximum Gasteiger partial charge on any atom is 0.310 e. The molecular weight excluding hydrogens is 276 g/mol. The van der Waals surface area contributed by atoms with Crippen LogP contribution in [0.2, 0.25) is 0 Å². The molecule has 3 N–H and O–H groups in total. The Morgan fingerprint density at radius 2 is 1.60 bits per heavy atom. The van der Waals surface area contributed by atoms with E-state index in [0.717, 1.165) is 25.0 Å². The Morgan fingerprint density at radius 3 is 2.05 bits per heavy atom. The second-order valence-electron chi connectivity index (χ2n) is 5.21. The van der Waals surface area contributed by atoms with Crippen molar-refractivity contribution in [3.8, 4) is 0 Å². The molecule has 0 saturated heterocycles. The van der Waals surface area contributed by atoms with E-state index in [4.69, 9.17) is 0 Å². The fraction of sp³-hybridized carbons (Fsp3) is 0.933.